The van der Waals surface area contributed by atoms with E-state index in [9.17, 15) is 0 Å². The molecule has 0 aliphatic rings. The quantitative estimate of drug-likeness (QED) is 0.618. The molecule has 0 aliphatic carbocycles. The van der Waals surface area contributed by atoms with Gasteiger partial charge in [-0.3, -0.25) is 0 Å². The van der Waals surface area contributed by atoms with Crippen molar-refractivity contribution < 1.29 is 0 Å². The van der Waals surface area contributed by atoms with Crippen LogP contribution in [0.2, 0.25) is 20.1 Å². The molecule has 4 heteroatoms. The van der Waals surface area contributed by atoms with E-state index < -0.39 is 0 Å². The van der Waals surface area contributed by atoms with Gasteiger partial charge in [-0.2, -0.15) is 0 Å². The van der Waals surface area contributed by atoms with Crippen molar-refractivity contribution >= 4 is 46.4 Å². The Morgan fingerprint density at radius 1 is 0.833 bits per heavy atom. The van der Waals surface area contributed by atoms with Crippen LogP contribution < -0.4 is 0 Å². The molecule has 0 atom stereocenters. The Bertz CT molecular complexity index is 570. The van der Waals surface area contributed by atoms with Crippen LogP contribution in [0, 0.1) is 6.92 Å². The van der Waals surface area contributed by atoms with E-state index in [1.165, 1.54) is 0 Å². The minimum Gasteiger partial charge on any atom is -0.0840 e. The predicted molar refractivity (Wildman–Crippen MR) is 80.5 cm³/mol. The minimum absolute atomic E-state index is 0.563. The lowest BCUT2D eigenvalue weighted by atomic mass is 10.0. The van der Waals surface area contributed by atoms with Crippen molar-refractivity contribution in [1.82, 2.24) is 0 Å². The zero-order chi connectivity index (χ0) is 13.3. The third kappa shape index (κ3) is 2.78. The summed E-state index contributed by atoms with van der Waals surface area (Å²) in [4.78, 5) is 0. The summed E-state index contributed by atoms with van der Waals surface area (Å²) in [5.74, 6) is 0. The van der Waals surface area contributed by atoms with Crippen molar-refractivity contribution in [2.24, 2.45) is 0 Å². The monoisotopic (exact) mass is 318 g/mol. The van der Waals surface area contributed by atoms with Gasteiger partial charge in [0.25, 0.3) is 0 Å². The van der Waals surface area contributed by atoms with Gasteiger partial charge in [0.05, 0.1) is 10.0 Å². The zero-order valence-electron chi connectivity index (χ0n) is 9.61. The summed E-state index contributed by atoms with van der Waals surface area (Å²) in [7, 11) is 0. The van der Waals surface area contributed by atoms with Crippen molar-refractivity contribution in [3.63, 3.8) is 0 Å². The fourth-order valence-electron chi connectivity index (χ4n) is 1.71. The van der Waals surface area contributed by atoms with Gasteiger partial charge in [-0.25, -0.2) is 0 Å². The molecule has 2 aromatic carbocycles. The van der Waals surface area contributed by atoms with Gasteiger partial charge in [0.15, 0.2) is 0 Å². The number of rotatable bonds is 2. The molecule has 2 rings (SSSR count). The van der Waals surface area contributed by atoms with Crippen LogP contribution in [0.15, 0.2) is 30.3 Å². The molecule has 0 heterocycles. The first-order valence-electron chi connectivity index (χ1n) is 5.37. The molecule has 0 saturated heterocycles. The van der Waals surface area contributed by atoms with E-state index in [0.29, 0.717) is 26.5 Å². The predicted octanol–water partition coefficient (Wildman–Crippen LogP) is 6.20. The Kier molecular flexibility index (Phi) is 4.45. The lowest BCUT2D eigenvalue weighted by molar-refractivity contribution is 1.19. The zero-order valence-corrected chi connectivity index (χ0v) is 12.6. The number of aryl methyl sites for hydroxylation is 1. The number of halogens is 4. The average Bonchev–Trinajstić information content (AvgIpc) is 2.34. The fourth-order valence-corrected chi connectivity index (χ4v) is 2.71. The molecule has 0 nitrogen and oxygen atoms in total. The summed E-state index contributed by atoms with van der Waals surface area (Å²) in [6.45, 7) is 1.92. The molecule has 0 bridgehead atoms. The molecular formula is C14H10Cl4. The Morgan fingerprint density at radius 2 is 1.44 bits per heavy atom. The van der Waals surface area contributed by atoms with Crippen molar-refractivity contribution in [3.05, 3.63) is 67.1 Å². The maximum atomic E-state index is 6.23. The van der Waals surface area contributed by atoms with Crippen LogP contribution in [0.25, 0.3) is 0 Å². The van der Waals surface area contributed by atoms with E-state index in [4.69, 9.17) is 46.4 Å². The van der Waals surface area contributed by atoms with Gasteiger partial charge in [0.1, 0.15) is 0 Å². The molecule has 0 radical (unpaired) electrons. The Morgan fingerprint density at radius 3 is 2.06 bits per heavy atom. The first-order chi connectivity index (χ1) is 8.50. The van der Waals surface area contributed by atoms with Crippen molar-refractivity contribution in [3.8, 4) is 0 Å². The van der Waals surface area contributed by atoms with Crippen LogP contribution in [-0.4, -0.2) is 0 Å². The second kappa shape index (κ2) is 5.71. The van der Waals surface area contributed by atoms with Gasteiger partial charge >= 0.3 is 0 Å². The third-order valence-electron chi connectivity index (χ3n) is 2.78. The number of benzene rings is 2. The number of hydrogen-bond acceptors (Lipinski definition) is 0. The Hall–Kier alpha value is -0.400. The van der Waals surface area contributed by atoms with Crippen LogP contribution in [0.3, 0.4) is 0 Å². The Balaban J connectivity index is 2.44. The largest absolute Gasteiger partial charge is 0.0840 e. The van der Waals surface area contributed by atoms with E-state index in [-0.39, 0.29) is 0 Å². The minimum atomic E-state index is 0.563. The van der Waals surface area contributed by atoms with E-state index in [1.807, 2.05) is 37.3 Å². The fraction of sp³-hybridized carbons (Fsp3) is 0.143. The topological polar surface area (TPSA) is 0 Å². The molecule has 0 amide bonds. The first-order valence-corrected chi connectivity index (χ1v) is 6.88. The SMILES string of the molecule is Cc1ccc(Cc2c(Cl)cccc2Cl)c(Cl)c1Cl. The standard InChI is InChI=1S/C14H10Cl4/c1-8-5-6-9(14(18)13(8)17)7-10-11(15)3-2-4-12(10)16/h2-6H,7H2,1H3. The van der Waals surface area contributed by atoms with E-state index in [1.54, 1.807) is 0 Å². The van der Waals surface area contributed by atoms with Crippen molar-refractivity contribution in [1.29, 1.82) is 0 Å². The first kappa shape index (κ1) is 14.0. The second-order valence-electron chi connectivity index (χ2n) is 4.05. The molecular weight excluding hydrogens is 310 g/mol. The summed E-state index contributed by atoms with van der Waals surface area (Å²) in [5, 5.41) is 2.41. The van der Waals surface area contributed by atoms with Crippen LogP contribution in [0.5, 0.6) is 0 Å². The molecule has 94 valence electrons. The van der Waals surface area contributed by atoms with E-state index in [2.05, 4.69) is 0 Å². The highest BCUT2D eigenvalue weighted by Gasteiger charge is 2.12. The van der Waals surface area contributed by atoms with Gasteiger partial charge < -0.3 is 0 Å². The summed E-state index contributed by atoms with van der Waals surface area (Å²) < 4.78 is 0. The molecule has 18 heavy (non-hydrogen) atoms. The molecule has 2 aromatic rings. The van der Waals surface area contributed by atoms with Crippen molar-refractivity contribution in [2.75, 3.05) is 0 Å². The van der Waals surface area contributed by atoms with Crippen LogP contribution in [0.1, 0.15) is 16.7 Å². The Labute approximate surface area is 126 Å². The van der Waals surface area contributed by atoms with Gasteiger partial charge in [0, 0.05) is 16.5 Å². The van der Waals surface area contributed by atoms with Gasteiger partial charge in [-0.1, -0.05) is 64.6 Å². The van der Waals surface area contributed by atoms with Crippen LogP contribution >= 0.6 is 46.4 Å². The van der Waals surface area contributed by atoms with E-state index >= 15 is 0 Å². The van der Waals surface area contributed by atoms with Gasteiger partial charge in [-0.15, -0.1) is 0 Å². The summed E-state index contributed by atoms with van der Waals surface area (Å²) in [6.07, 6.45) is 0.567. The average molecular weight is 320 g/mol. The lowest BCUT2D eigenvalue weighted by Gasteiger charge is -2.10. The highest BCUT2D eigenvalue weighted by molar-refractivity contribution is 6.43. The van der Waals surface area contributed by atoms with Gasteiger partial charge in [-0.05, 0) is 35.7 Å². The molecule has 0 N–H and O–H groups in total. The molecule has 0 aliphatic heterocycles. The third-order valence-corrected chi connectivity index (χ3v) is 4.51. The smallest absolute Gasteiger partial charge is 0.0630 e. The summed E-state index contributed by atoms with van der Waals surface area (Å²) in [5.41, 5.74) is 2.74. The molecule has 0 aromatic heterocycles. The lowest BCUT2D eigenvalue weighted by Crippen LogP contribution is -1.93. The molecule has 0 saturated carbocycles. The summed E-state index contributed by atoms with van der Waals surface area (Å²) >= 11 is 24.7. The second-order valence-corrected chi connectivity index (χ2v) is 5.62. The van der Waals surface area contributed by atoms with Crippen molar-refractivity contribution in [2.45, 2.75) is 13.3 Å². The molecule has 0 spiro atoms. The van der Waals surface area contributed by atoms with Gasteiger partial charge in [0.2, 0.25) is 0 Å². The normalized spacial score (nSPS) is 10.7. The number of hydrogen-bond donors (Lipinski definition) is 0. The maximum Gasteiger partial charge on any atom is 0.0630 e. The molecule has 0 fully saturated rings. The maximum absolute atomic E-state index is 6.23. The van der Waals surface area contributed by atoms with Crippen LogP contribution in [0.4, 0.5) is 0 Å². The summed E-state index contributed by atoms with van der Waals surface area (Å²) in [6, 6.07) is 9.33. The van der Waals surface area contributed by atoms with E-state index in [0.717, 1.165) is 16.7 Å². The van der Waals surface area contributed by atoms with Crippen LogP contribution in [-0.2, 0) is 6.42 Å². The highest BCUT2D eigenvalue weighted by Crippen LogP contribution is 2.33. The molecule has 0 unspecified atom stereocenters. The highest BCUT2D eigenvalue weighted by atomic mass is 35.5.